The van der Waals surface area contributed by atoms with Crippen LogP contribution in [0.2, 0.25) is 0 Å². The predicted molar refractivity (Wildman–Crippen MR) is 68.2 cm³/mol. The second-order valence-electron chi connectivity index (χ2n) is 4.86. The molecule has 98 valence electrons. The normalized spacial score (nSPS) is 26.8. The van der Waals surface area contributed by atoms with Crippen LogP contribution in [-0.4, -0.2) is 30.8 Å². The van der Waals surface area contributed by atoms with Crippen LogP contribution in [0.15, 0.2) is 24.3 Å². The van der Waals surface area contributed by atoms with Gasteiger partial charge in [-0.15, -0.1) is 0 Å². The van der Waals surface area contributed by atoms with E-state index >= 15 is 0 Å². The Morgan fingerprint density at radius 3 is 2.72 bits per heavy atom. The molecular weight excluding hydrogens is 252 g/mol. The van der Waals surface area contributed by atoms with Crippen LogP contribution in [0, 0.1) is 0 Å². The Labute approximate surface area is 107 Å². The van der Waals surface area contributed by atoms with Gasteiger partial charge < -0.3 is 5.11 Å². The third-order valence-corrected chi connectivity index (χ3v) is 5.14. The molecule has 1 saturated heterocycles. The minimum absolute atomic E-state index is 0.0980. The van der Waals surface area contributed by atoms with Crippen molar-refractivity contribution in [3.05, 3.63) is 35.4 Å². The summed E-state index contributed by atoms with van der Waals surface area (Å²) in [4.78, 5) is 11.3. The molecule has 4 nitrogen and oxygen atoms in total. The molecule has 1 unspecified atom stereocenters. The molecule has 0 amide bonds. The molecule has 0 aliphatic carbocycles. The zero-order valence-corrected chi connectivity index (χ0v) is 11.0. The highest BCUT2D eigenvalue weighted by atomic mass is 32.2. The standard InChI is InChI=1S/C13H16O4S/c1-10(14)11-4-2-5-12(8-11)13(15)6-3-7-18(16,17)9-13/h2,4-5,8,15H,3,6-7,9H2,1H3. The second kappa shape index (κ2) is 4.48. The lowest BCUT2D eigenvalue weighted by molar-refractivity contribution is 0.0467. The summed E-state index contributed by atoms with van der Waals surface area (Å²) in [7, 11) is -3.21. The first-order chi connectivity index (χ1) is 8.32. The number of sulfone groups is 1. The van der Waals surface area contributed by atoms with Crippen LogP contribution in [0.5, 0.6) is 0 Å². The number of aliphatic hydroxyl groups is 1. The maximum absolute atomic E-state index is 11.6. The van der Waals surface area contributed by atoms with Crippen LogP contribution in [0.1, 0.15) is 35.7 Å². The van der Waals surface area contributed by atoms with Gasteiger partial charge in [-0.1, -0.05) is 18.2 Å². The molecule has 0 bridgehead atoms. The van der Waals surface area contributed by atoms with Crippen LogP contribution in [0.4, 0.5) is 0 Å². The van der Waals surface area contributed by atoms with Crippen molar-refractivity contribution in [3.63, 3.8) is 0 Å². The summed E-state index contributed by atoms with van der Waals surface area (Å²) in [6, 6.07) is 6.59. The van der Waals surface area contributed by atoms with E-state index in [1.807, 2.05) is 0 Å². The highest BCUT2D eigenvalue weighted by Crippen LogP contribution is 2.33. The summed E-state index contributed by atoms with van der Waals surface area (Å²) in [6.07, 6.45) is 0.858. The van der Waals surface area contributed by atoms with Gasteiger partial charge in [0.25, 0.3) is 0 Å². The first-order valence-corrected chi connectivity index (χ1v) is 7.69. The SMILES string of the molecule is CC(=O)c1cccc(C2(O)CCCS(=O)(=O)C2)c1. The number of Topliss-reactive ketones (excluding diaryl/α,β-unsaturated/α-hetero) is 1. The Bertz CT molecular complexity index is 576. The molecule has 18 heavy (non-hydrogen) atoms. The Balaban J connectivity index is 2.41. The molecular formula is C13H16O4S. The first kappa shape index (κ1) is 13.2. The zero-order chi connectivity index (χ0) is 13.4. The van der Waals surface area contributed by atoms with E-state index in [2.05, 4.69) is 0 Å². The number of hydrogen-bond acceptors (Lipinski definition) is 4. The largest absolute Gasteiger partial charge is 0.384 e. The van der Waals surface area contributed by atoms with E-state index < -0.39 is 15.4 Å². The van der Waals surface area contributed by atoms with E-state index in [-0.39, 0.29) is 17.3 Å². The van der Waals surface area contributed by atoms with E-state index in [1.54, 1.807) is 24.3 Å². The molecule has 0 aromatic heterocycles. The smallest absolute Gasteiger partial charge is 0.159 e. The second-order valence-corrected chi connectivity index (χ2v) is 7.05. The molecule has 0 spiro atoms. The van der Waals surface area contributed by atoms with Crippen molar-refractivity contribution in [2.75, 3.05) is 11.5 Å². The minimum Gasteiger partial charge on any atom is -0.384 e. The van der Waals surface area contributed by atoms with Crippen LogP contribution in [0.25, 0.3) is 0 Å². The Kier molecular flexibility index (Phi) is 3.29. The average molecular weight is 268 g/mol. The summed E-state index contributed by atoms with van der Waals surface area (Å²) >= 11 is 0. The van der Waals surface area contributed by atoms with E-state index in [0.717, 1.165) is 0 Å². The molecule has 1 aromatic carbocycles. The molecule has 1 aliphatic heterocycles. The lowest BCUT2D eigenvalue weighted by atomic mass is 9.89. The average Bonchev–Trinajstić information content (AvgIpc) is 2.27. The van der Waals surface area contributed by atoms with Crippen molar-refractivity contribution in [2.45, 2.75) is 25.4 Å². The number of carbonyl (C=O) groups excluding carboxylic acids is 1. The van der Waals surface area contributed by atoms with Gasteiger partial charge in [0.1, 0.15) is 5.60 Å². The van der Waals surface area contributed by atoms with Crippen molar-refractivity contribution in [1.29, 1.82) is 0 Å². The van der Waals surface area contributed by atoms with Crippen LogP contribution in [-0.2, 0) is 15.4 Å². The van der Waals surface area contributed by atoms with Gasteiger partial charge in [-0.3, -0.25) is 4.79 Å². The number of ketones is 1. The molecule has 1 heterocycles. The van der Waals surface area contributed by atoms with Crippen molar-refractivity contribution < 1.29 is 18.3 Å². The minimum atomic E-state index is -3.21. The lowest BCUT2D eigenvalue weighted by Crippen LogP contribution is -2.40. The third kappa shape index (κ3) is 2.62. The molecule has 5 heteroatoms. The first-order valence-electron chi connectivity index (χ1n) is 5.87. The topological polar surface area (TPSA) is 71.4 Å². The van der Waals surface area contributed by atoms with E-state index in [1.165, 1.54) is 6.92 Å². The van der Waals surface area contributed by atoms with Gasteiger partial charge in [0, 0.05) is 5.56 Å². The summed E-state index contributed by atoms with van der Waals surface area (Å²) in [6.45, 7) is 1.45. The van der Waals surface area contributed by atoms with Gasteiger partial charge in [-0.2, -0.15) is 0 Å². The van der Waals surface area contributed by atoms with Crippen LogP contribution < -0.4 is 0 Å². The molecule has 1 atom stereocenters. The van der Waals surface area contributed by atoms with E-state index in [0.29, 0.717) is 24.0 Å². The predicted octanol–water partition coefficient (Wildman–Crippen LogP) is 1.29. The molecule has 1 N–H and O–H groups in total. The molecule has 1 aliphatic rings. The Morgan fingerprint density at radius 2 is 2.11 bits per heavy atom. The molecule has 1 aromatic rings. The van der Waals surface area contributed by atoms with Crippen LogP contribution >= 0.6 is 0 Å². The molecule has 2 rings (SSSR count). The fourth-order valence-electron chi connectivity index (χ4n) is 2.35. The van der Waals surface area contributed by atoms with Crippen molar-refractivity contribution in [1.82, 2.24) is 0 Å². The van der Waals surface area contributed by atoms with Crippen molar-refractivity contribution >= 4 is 15.6 Å². The summed E-state index contributed by atoms with van der Waals surface area (Å²) in [5, 5.41) is 10.5. The molecule has 0 saturated carbocycles. The Morgan fingerprint density at radius 1 is 1.39 bits per heavy atom. The lowest BCUT2D eigenvalue weighted by Gasteiger charge is -2.32. The van der Waals surface area contributed by atoms with Crippen molar-refractivity contribution in [2.24, 2.45) is 0 Å². The van der Waals surface area contributed by atoms with E-state index in [4.69, 9.17) is 0 Å². The zero-order valence-electron chi connectivity index (χ0n) is 10.2. The maximum Gasteiger partial charge on any atom is 0.159 e. The quantitative estimate of drug-likeness (QED) is 0.820. The highest BCUT2D eigenvalue weighted by molar-refractivity contribution is 7.91. The maximum atomic E-state index is 11.6. The number of carbonyl (C=O) groups is 1. The van der Waals surface area contributed by atoms with Gasteiger partial charge in [0.2, 0.25) is 0 Å². The van der Waals surface area contributed by atoms with Gasteiger partial charge in [0.05, 0.1) is 11.5 Å². The Hall–Kier alpha value is -1.20. The highest BCUT2D eigenvalue weighted by Gasteiger charge is 2.38. The summed E-state index contributed by atoms with van der Waals surface area (Å²) in [5.74, 6) is -0.234. The van der Waals surface area contributed by atoms with Gasteiger partial charge in [-0.25, -0.2) is 8.42 Å². The monoisotopic (exact) mass is 268 g/mol. The summed E-state index contributed by atoms with van der Waals surface area (Å²) < 4.78 is 23.3. The molecule has 0 radical (unpaired) electrons. The van der Waals surface area contributed by atoms with Crippen molar-refractivity contribution in [3.8, 4) is 0 Å². The number of hydrogen-bond donors (Lipinski definition) is 1. The van der Waals surface area contributed by atoms with Crippen LogP contribution in [0.3, 0.4) is 0 Å². The number of benzene rings is 1. The number of rotatable bonds is 2. The van der Waals surface area contributed by atoms with Gasteiger partial charge in [0.15, 0.2) is 15.6 Å². The van der Waals surface area contributed by atoms with Gasteiger partial charge >= 0.3 is 0 Å². The van der Waals surface area contributed by atoms with Gasteiger partial charge in [-0.05, 0) is 31.4 Å². The third-order valence-electron chi connectivity index (χ3n) is 3.31. The fraction of sp³-hybridized carbons (Fsp3) is 0.462. The molecule has 1 fully saturated rings. The van der Waals surface area contributed by atoms with E-state index in [9.17, 15) is 18.3 Å². The summed E-state index contributed by atoms with van der Waals surface area (Å²) in [5.41, 5.74) is -0.356. The fourth-order valence-corrected chi connectivity index (χ4v) is 4.12.